The van der Waals surface area contributed by atoms with Crippen molar-refractivity contribution >= 4 is 23.7 Å². The Morgan fingerprint density at radius 1 is 0.633 bits per heavy atom. The van der Waals surface area contributed by atoms with E-state index >= 15 is 0 Å². The summed E-state index contributed by atoms with van der Waals surface area (Å²) in [4.78, 5) is 24.6. The van der Waals surface area contributed by atoms with Gasteiger partial charge in [0, 0.05) is 11.1 Å². The average molecular weight is 398 g/mol. The van der Waals surface area contributed by atoms with Crippen LogP contribution in [0.3, 0.4) is 0 Å². The molecule has 3 aromatic carbocycles. The molecule has 0 atom stereocenters. The molecule has 0 aliphatic rings. The summed E-state index contributed by atoms with van der Waals surface area (Å²) in [5, 5.41) is 0. The summed E-state index contributed by atoms with van der Waals surface area (Å²) in [5.41, 5.74) is 2.92. The van der Waals surface area contributed by atoms with E-state index < -0.39 is 0 Å². The average Bonchev–Trinajstić information content (AvgIpc) is 2.81. The van der Waals surface area contributed by atoms with E-state index in [9.17, 15) is 9.59 Å². The fourth-order valence-corrected chi connectivity index (χ4v) is 2.81. The molecular formula is C26H22O4. The van der Waals surface area contributed by atoms with Gasteiger partial charge in [-0.3, -0.25) is 9.59 Å². The second-order valence-corrected chi connectivity index (χ2v) is 6.53. The first-order chi connectivity index (χ1) is 14.6. The van der Waals surface area contributed by atoms with Crippen molar-refractivity contribution < 1.29 is 19.1 Å². The highest BCUT2D eigenvalue weighted by Gasteiger charge is 2.04. The highest BCUT2D eigenvalue weighted by atomic mass is 16.5. The van der Waals surface area contributed by atoms with Crippen molar-refractivity contribution in [3.05, 3.63) is 107 Å². The largest absolute Gasteiger partial charge is 0.497 e. The van der Waals surface area contributed by atoms with E-state index in [-0.39, 0.29) is 11.6 Å². The van der Waals surface area contributed by atoms with Gasteiger partial charge in [0.15, 0.2) is 11.6 Å². The van der Waals surface area contributed by atoms with Crippen LogP contribution < -0.4 is 9.47 Å². The first-order valence-electron chi connectivity index (χ1n) is 9.42. The van der Waals surface area contributed by atoms with Crippen LogP contribution >= 0.6 is 0 Å². The highest BCUT2D eigenvalue weighted by molar-refractivity contribution is 6.07. The zero-order chi connectivity index (χ0) is 21.3. The van der Waals surface area contributed by atoms with Crippen molar-refractivity contribution in [3.8, 4) is 11.5 Å². The molecule has 150 valence electrons. The Bertz CT molecular complexity index is 1000. The minimum atomic E-state index is -0.0956. The summed E-state index contributed by atoms with van der Waals surface area (Å²) in [6.07, 6.45) is 6.59. The predicted molar refractivity (Wildman–Crippen MR) is 119 cm³/mol. The SMILES string of the molecule is COc1cccc(C(=O)/C=C/c2ccc(/C=C/C(=O)c3cccc(OC)c3)cc2)c1. The Labute approximate surface area is 176 Å². The molecular weight excluding hydrogens is 376 g/mol. The van der Waals surface area contributed by atoms with E-state index in [4.69, 9.17) is 9.47 Å². The van der Waals surface area contributed by atoms with Gasteiger partial charge in [-0.05, 0) is 47.5 Å². The van der Waals surface area contributed by atoms with Gasteiger partial charge in [0.2, 0.25) is 0 Å². The third kappa shape index (κ3) is 5.55. The molecule has 3 rings (SSSR count). The van der Waals surface area contributed by atoms with Gasteiger partial charge < -0.3 is 9.47 Å². The lowest BCUT2D eigenvalue weighted by Crippen LogP contribution is -1.95. The second-order valence-electron chi connectivity index (χ2n) is 6.53. The van der Waals surface area contributed by atoms with E-state index in [1.165, 1.54) is 12.2 Å². The molecule has 0 N–H and O–H groups in total. The highest BCUT2D eigenvalue weighted by Crippen LogP contribution is 2.16. The molecule has 4 heteroatoms. The van der Waals surface area contributed by atoms with Gasteiger partial charge >= 0.3 is 0 Å². The summed E-state index contributed by atoms with van der Waals surface area (Å²) in [6.45, 7) is 0. The number of ketones is 2. The molecule has 0 aromatic heterocycles. The van der Waals surface area contributed by atoms with Crippen molar-refractivity contribution in [3.63, 3.8) is 0 Å². The third-order valence-corrected chi connectivity index (χ3v) is 4.50. The van der Waals surface area contributed by atoms with Gasteiger partial charge in [0.25, 0.3) is 0 Å². The van der Waals surface area contributed by atoms with E-state index in [0.29, 0.717) is 22.6 Å². The maximum absolute atomic E-state index is 12.3. The lowest BCUT2D eigenvalue weighted by molar-refractivity contribution is 0.103. The van der Waals surface area contributed by atoms with Crippen molar-refractivity contribution in [2.24, 2.45) is 0 Å². The van der Waals surface area contributed by atoms with Gasteiger partial charge in [0.05, 0.1) is 14.2 Å². The van der Waals surface area contributed by atoms with E-state index in [2.05, 4.69) is 0 Å². The maximum Gasteiger partial charge on any atom is 0.185 e. The standard InChI is InChI=1S/C26H22O4/c1-29-23-7-3-5-21(17-23)25(27)15-13-19-9-11-20(12-10-19)14-16-26(28)22-6-4-8-24(18-22)30-2/h3-18H,1-2H3/b15-13+,16-14+. The maximum atomic E-state index is 12.3. The van der Waals surface area contributed by atoms with Crippen LogP contribution in [-0.4, -0.2) is 25.8 Å². The summed E-state index contributed by atoms with van der Waals surface area (Å²) in [5.74, 6) is 1.10. The third-order valence-electron chi connectivity index (χ3n) is 4.50. The molecule has 0 saturated heterocycles. The summed E-state index contributed by atoms with van der Waals surface area (Å²) in [7, 11) is 3.14. The second kappa shape index (κ2) is 10.0. The molecule has 4 nitrogen and oxygen atoms in total. The van der Waals surface area contributed by atoms with Crippen LogP contribution in [0, 0.1) is 0 Å². The summed E-state index contributed by atoms with van der Waals surface area (Å²) < 4.78 is 10.3. The molecule has 0 fully saturated rings. The van der Waals surface area contributed by atoms with Crippen LogP contribution in [0.25, 0.3) is 12.2 Å². The number of carbonyl (C=O) groups excluding carboxylic acids is 2. The lowest BCUT2D eigenvalue weighted by atomic mass is 10.1. The number of carbonyl (C=O) groups is 2. The van der Waals surface area contributed by atoms with Crippen LogP contribution in [0.4, 0.5) is 0 Å². The zero-order valence-corrected chi connectivity index (χ0v) is 16.9. The van der Waals surface area contributed by atoms with Crippen LogP contribution in [0.1, 0.15) is 31.8 Å². The summed E-state index contributed by atoms with van der Waals surface area (Å²) in [6, 6.07) is 21.7. The van der Waals surface area contributed by atoms with E-state index in [1.807, 2.05) is 24.3 Å². The van der Waals surface area contributed by atoms with Crippen LogP contribution in [-0.2, 0) is 0 Å². The first-order valence-corrected chi connectivity index (χ1v) is 9.42. The molecule has 0 aliphatic heterocycles. The van der Waals surface area contributed by atoms with Crippen molar-refractivity contribution in [2.75, 3.05) is 14.2 Å². The molecule has 0 heterocycles. The monoisotopic (exact) mass is 398 g/mol. The number of allylic oxidation sites excluding steroid dienone is 2. The van der Waals surface area contributed by atoms with Crippen molar-refractivity contribution in [2.45, 2.75) is 0 Å². The van der Waals surface area contributed by atoms with Crippen LogP contribution in [0.2, 0.25) is 0 Å². The Balaban J connectivity index is 1.64. The van der Waals surface area contributed by atoms with E-state index in [0.717, 1.165) is 11.1 Å². The molecule has 0 saturated carbocycles. The molecule has 0 bridgehead atoms. The molecule has 0 spiro atoms. The minimum Gasteiger partial charge on any atom is -0.497 e. The Kier molecular flexibility index (Phi) is 6.95. The normalized spacial score (nSPS) is 11.0. The van der Waals surface area contributed by atoms with Crippen LogP contribution in [0.5, 0.6) is 11.5 Å². The van der Waals surface area contributed by atoms with Gasteiger partial charge in [-0.2, -0.15) is 0 Å². The number of benzene rings is 3. The van der Waals surface area contributed by atoms with Crippen molar-refractivity contribution in [1.82, 2.24) is 0 Å². The number of hydrogen-bond acceptors (Lipinski definition) is 4. The Morgan fingerprint density at radius 3 is 1.40 bits per heavy atom. The number of hydrogen-bond donors (Lipinski definition) is 0. The number of ether oxygens (including phenoxy) is 2. The van der Waals surface area contributed by atoms with Gasteiger partial charge in [-0.1, -0.05) is 60.7 Å². The predicted octanol–water partition coefficient (Wildman–Crippen LogP) is 5.50. The van der Waals surface area contributed by atoms with Crippen molar-refractivity contribution in [1.29, 1.82) is 0 Å². The Morgan fingerprint density at radius 2 is 1.03 bits per heavy atom. The van der Waals surface area contributed by atoms with Gasteiger partial charge in [-0.25, -0.2) is 0 Å². The fraction of sp³-hybridized carbons (Fsp3) is 0.0769. The number of rotatable bonds is 8. The molecule has 0 amide bonds. The first kappa shape index (κ1) is 20.8. The quantitative estimate of drug-likeness (QED) is 0.372. The molecule has 3 aromatic rings. The van der Waals surface area contributed by atoms with Gasteiger partial charge in [0.1, 0.15) is 11.5 Å². The topological polar surface area (TPSA) is 52.6 Å². The van der Waals surface area contributed by atoms with E-state index in [1.54, 1.807) is 74.9 Å². The minimum absolute atomic E-state index is 0.0956. The lowest BCUT2D eigenvalue weighted by Gasteiger charge is -2.01. The summed E-state index contributed by atoms with van der Waals surface area (Å²) >= 11 is 0. The zero-order valence-electron chi connectivity index (χ0n) is 16.9. The van der Waals surface area contributed by atoms with Gasteiger partial charge in [-0.15, -0.1) is 0 Å². The smallest absolute Gasteiger partial charge is 0.185 e. The van der Waals surface area contributed by atoms with Crippen LogP contribution in [0.15, 0.2) is 84.9 Å². The molecule has 0 aliphatic carbocycles. The molecule has 0 radical (unpaired) electrons. The fourth-order valence-electron chi connectivity index (χ4n) is 2.81. The molecule has 30 heavy (non-hydrogen) atoms. The number of methoxy groups -OCH3 is 2. The molecule has 0 unspecified atom stereocenters. The Hall–Kier alpha value is -3.92.